The van der Waals surface area contributed by atoms with Crippen LogP contribution in [0.3, 0.4) is 0 Å². The molecule has 0 aliphatic heterocycles. The maximum absolute atomic E-state index is 10.9. The Kier molecular flexibility index (Phi) is 3.04. The number of carbonyl (C=O) groups is 1. The number of hydrogen-bond acceptors (Lipinski definition) is 3. The molecule has 1 saturated carbocycles. The van der Waals surface area contributed by atoms with Gasteiger partial charge >= 0.3 is 7.60 Å². The Morgan fingerprint density at radius 2 is 2.33 bits per heavy atom. The van der Waals surface area contributed by atoms with Gasteiger partial charge in [-0.1, -0.05) is 0 Å². The summed E-state index contributed by atoms with van der Waals surface area (Å²) in [5.74, 6) is 0.125. The molecular formula is C7H13O4P. The molecule has 0 saturated heterocycles. The van der Waals surface area contributed by atoms with Crippen LogP contribution in [0.15, 0.2) is 0 Å². The van der Waals surface area contributed by atoms with E-state index in [1.807, 2.05) is 0 Å². The zero-order valence-electron chi connectivity index (χ0n) is 7.02. The molecule has 1 fully saturated rings. The molecule has 1 N–H and O–H groups in total. The van der Waals surface area contributed by atoms with Gasteiger partial charge in [-0.2, -0.15) is 0 Å². The molecular weight excluding hydrogens is 179 g/mol. The van der Waals surface area contributed by atoms with Crippen LogP contribution in [0.5, 0.6) is 0 Å². The van der Waals surface area contributed by atoms with Crippen molar-refractivity contribution in [1.29, 1.82) is 0 Å². The van der Waals surface area contributed by atoms with Crippen molar-refractivity contribution in [3.8, 4) is 0 Å². The van der Waals surface area contributed by atoms with E-state index in [9.17, 15) is 9.36 Å². The van der Waals surface area contributed by atoms with Crippen LogP contribution in [0.1, 0.15) is 25.7 Å². The zero-order chi connectivity index (χ0) is 9.19. The SMILES string of the molecule is CP(=O)(O)OC1CCCC(=O)C1. The molecule has 70 valence electrons. The highest BCUT2D eigenvalue weighted by molar-refractivity contribution is 7.51. The molecule has 0 radical (unpaired) electrons. The molecule has 0 amide bonds. The van der Waals surface area contributed by atoms with E-state index in [1.54, 1.807) is 0 Å². The normalized spacial score (nSPS) is 29.8. The number of rotatable bonds is 2. The molecule has 1 rings (SSSR count). The number of Topliss-reactive ketones (excluding diaryl/α,β-unsaturated/α-hetero) is 1. The van der Waals surface area contributed by atoms with Gasteiger partial charge in [0.15, 0.2) is 0 Å². The number of ketones is 1. The van der Waals surface area contributed by atoms with Crippen molar-refractivity contribution in [2.45, 2.75) is 31.8 Å². The van der Waals surface area contributed by atoms with E-state index in [-0.39, 0.29) is 11.9 Å². The number of hydrogen-bond donors (Lipinski definition) is 1. The third-order valence-corrected chi connectivity index (χ3v) is 2.47. The zero-order valence-corrected chi connectivity index (χ0v) is 7.92. The minimum absolute atomic E-state index is 0.125. The van der Waals surface area contributed by atoms with Gasteiger partial charge in [-0.3, -0.25) is 9.36 Å². The monoisotopic (exact) mass is 192 g/mol. The van der Waals surface area contributed by atoms with Crippen LogP contribution in [0.25, 0.3) is 0 Å². The van der Waals surface area contributed by atoms with Crippen molar-refractivity contribution in [2.75, 3.05) is 6.66 Å². The molecule has 0 aromatic heterocycles. The molecule has 0 spiro atoms. The highest BCUT2D eigenvalue weighted by Gasteiger charge is 2.25. The molecule has 5 heteroatoms. The second-order valence-electron chi connectivity index (χ2n) is 3.17. The molecule has 12 heavy (non-hydrogen) atoms. The summed E-state index contributed by atoms with van der Waals surface area (Å²) >= 11 is 0. The fraction of sp³-hybridized carbons (Fsp3) is 0.857. The Balaban J connectivity index is 2.42. The Hall–Kier alpha value is -0.180. The second kappa shape index (κ2) is 3.69. The predicted octanol–water partition coefficient (Wildman–Crippen LogP) is 1.33. The molecule has 0 aromatic rings. The molecule has 0 bridgehead atoms. The Bertz CT molecular complexity index is 219. The van der Waals surface area contributed by atoms with E-state index < -0.39 is 7.60 Å². The molecule has 2 atom stereocenters. The maximum atomic E-state index is 10.9. The topological polar surface area (TPSA) is 63.6 Å². The predicted molar refractivity (Wildman–Crippen MR) is 44.1 cm³/mol. The molecule has 2 unspecified atom stereocenters. The van der Waals surface area contributed by atoms with E-state index >= 15 is 0 Å². The van der Waals surface area contributed by atoms with Gasteiger partial charge in [0.05, 0.1) is 6.10 Å². The first-order valence-electron chi connectivity index (χ1n) is 3.98. The van der Waals surface area contributed by atoms with Gasteiger partial charge in [-0.25, -0.2) is 0 Å². The average Bonchev–Trinajstić information content (AvgIpc) is 1.82. The fourth-order valence-corrected chi connectivity index (χ4v) is 2.08. The Morgan fingerprint density at radius 3 is 2.83 bits per heavy atom. The first kappa shape index (κ1) is 9.90. The summed E-state index contributed by atoms with van der Waals surface area (Å²) in [6, 6.07) is 0. The van der Waals surface area contributed by atoms with E-state index in [2.05, 4.69) is 0 Å². The van der Waals surface area contributed by atoms with Gasteiger partial charge in [0.25, 0.3) is 0 Å². The van der Waals surface area contributed by atoms with Gasteiger partial charge in [-0.15, -0.1) is 0 Å². The van der Waals surface area contributed by atoms with Crippen LogP contribution in [0.2, 0.25) is 0 Å². The lowest BCUT2D eigenvalue weighted by Crippen LogP contribution is -2.21. The third-order valence-electron chi connectivity index (χ3n) is 1.78. The summed E-state index contributed by atoms with van der Waals surface area (Å²) in [6.45, 7) is 1.14. The summed E-state index contributed by atoms with van der Waals surface area (Å²) < 4.78 is 15.7. The second-order valence-corrected chi connectivity index (χ2v) is 4.98. The molecule has 1 aliphatic rings. The summed E-state index contributed by atoms with van der Waals surface area (Å²) in [4.78, 5) is 19.8. The summed E-state index contributed by atoms with van der Waals surface area (Å²) in [5, 5.41) is 0. The van der Waals surface area contributed by atoms with Gasteiger partial charge < -0.3 is 9.42 Å². The quantitative estimate of drug-likeness (QED) is 0.670. The van der Waals surface area contributed by atoms with E-state index in [0.717, 1.165) is 13.1 Å². The maximum Gasteiger partial charge on any atom is 0.325 e. The molecule has 0 heterocycles. The van der Waals surface area contributed by atoms with Gasteiger partial charge in [-0.05, 0) is 12.8 Å². The molecule has 4 nitrogen and oxygen atoms in total. The first-order valence-corrected chi connectivity index (χ1v) is 6.00. The lowest BCUT2D eigenvalue weighted by Gasteiger charge is -2.21. The third kappa shape index (κ3) is 3.48. The largest absolute Gasteiger partial charge is 0.325 e. The van der Waals surface area contributed by atoms with Crippen LogP contribution in [0.4, 0.5) is 0 Å². The van der Waals surface area contributed by atoms with Crippen molar-refractivity contribution in [3.05, 3.63) is 0 Å². The first-order chi connectivity index (χ1) is 5.47. The standard InChI is InChI=1S/C7H13O4P/c1-12(9,10)11-7-4-2-3-6(8)5-7/h7H,2-5H2,1H3,(H,9,10). The van der Waals surface area contributed by atoms with Gasteiger partial charge in [0, 0.05) is 19.5 Å². The van der Waals surface area contributed by atoms with E-state index in [4.69, 9.17) is 9.42 Å². The van der Waals surface area contributed by atoms with E-state index in [1.165, 1.54) is 0 Å². The summed E-state index contributed by atoms with van der Waals surface area (Å²) in [6.07, 6.45) is 2.01. The van der Waals surface area contributed by atoms with E-state index in [0.29, 0.717) is 19.3 Å². The van der Waals surface area contributed by atoms with Crippen LogP contribution < -0.4 is 0 Å². The van der Waals surface area contributed by atoms with Gasteiger partial charge in [0.1, 0.15) is 5.78 Å². The fourth-order valence-electron chi connectivity index (χ4n) is 1.35. The lowest BCUT2D eigenvalue weighted by atomic mass is 9.97. The highest BCUT2D eigenvalue weighted by atomic mass is 31.2. The number of carbonyl (C=O) groups excluding carboxylic acids is 1. The van der Waals surface area contributed by atoms with Crippen molar-refractivity contribution < 1.29 is 18.8 Å². The van der Waals surface area contributed by atoms with Crippen LogP contribution in [-0.2, 0) is 13.9 Å². The Labute approximate surface area is 71.5 Å². The highest BCUT2D eigenvalue weighted by Crippen LogP contribution is 2.40. The minimum atomic E-state index is -3.41. The van der Waals surface area contributed by atoms with Crippen LogP contribution in [-0.4, -0.2) is 23.4 Å². The molecule has 0 aromatic carbocycles. The smallest absolute Gasteiger partial charge is 0.324 e. The van der Waals surface area contributed by atoms with Crippen molar-refractivity contribution in [1.82, 2.24) is 0 Å². The summed E-state index contributed by atoms with van der Waals surface area (Å²) in [5.41, 5.74) is 0. The summed E-state index contributed by atoms with van der Waals surface area (Å²) in [7, 11) is -3.41. The van der Waals surface area contributed by atoms with Crippen molar-refractivity contribution in [3.63, 3.8) is 0 Å². The van der Waals surface area contributed by atoms with Gasteiger partial charge in [0.2, 0.25) is 0 Å². The van der Waals surface area contributed by atoms with Crippen molar-refractivity contribution >= 4 is 13.4 Å². The average molecular weight is 192 g/mol. The molecule has 1 aliphatic carbocycles. The van der Waals surface area contributed by atoms with Crippen LogP contribution in [0, 0.1) is 0 Å². The lowest BCUT2D eigenvalue weighted by molar-refractivity contribution is -0.122. The van der Waals surface area contributed by atoms with Crippen molar-refractivity contribution in [2.24, 2.45) is 0 Å². The van der Waals surface area contributed by atoms with Crippen LogP contribution >= 0.6 is 7.60 Å². The Morgan fingerprint density at radius 1 is 1.67 bits per heavy atom. The minimum Gasteiger partial charge on any atom is -0.324 e.